The predicted molar refractivity (Wildman–Crippen MR) is 98.2 cm³/mol. The third-order valence-corrected chi connectivity index (χ3v) is 4.69. The number of hydrogen-bond donors (Lipinski definition) is 1. The average molecular weight is 333 g/mol. The quantitative estimate of drug-likeness (QED) is 0.888. The highest BCUT2D eigenvalue weighted by molar-refractivity contribution is 6.33. The van der Waals surface area contributed by atoms with Crippen molar-refractivity contribution in [2.75, 3.05) is 23.3 Å². The second kappa shape index (κ2) is 6.44. The molecular weight excluding hydrogens is 308 g/mol. The summed E-state index contributed by atoms with van der Waals surface area (Å²) in [5.41, 5.74) is 4.80. The molecular formula is C18H25ClN4. The molecule has 0 atom stereocenters. The Morgan fingerprint density at radius 3 is 2.78 bits per heavy atom. The SMILES string of the molecule is CCCNc1c2c(nn1C)N(c1c(C)cc(C)cc1Cl)CCC2. The summed E-state index contributed by atoms with van der Waals surface area (Å²) in [6.45, 7) is 8.31. The molecule has 5 heteroatoms. The summed E-state index contributed by atoms with van der Waals surface area (Å²) in [6, 6.07) is 4.23. The van der Waals surface area contributed by atoms with Gasteiger partial charge in [0.15, 0.2) is 5.82 Å². The van der Waals surface area contributed by atoms with Crippen LogP contribution in [0, 0.1) is 13.8 Å². The molecule has 3 rings (SSSR count). The van der Waals surface area contributed by atoms with Crippen molar-refractivity contribution in [2.45, 2.75) is 40.0 Å². The van der Waals surface area contributed by atoms with Crippen LogP contribution in [0.1, 0.15) is 36.5 Å². The highest BCUT2D eigenvalue weighted by Crippen LogP contribution is 2.41. The largest absolute Gasteiger partial charge is 0.370 e. The zero-order valence-corrected chi connectivity index (χ0v) is 15.2. The lowest BCUT2D eigenvalue weighted by Gasteiger charge is -2.30. The van der Waals surface area contributed by atoms with Gasteiger partial charge in [0.2, 0.25) is 0 Å². The number of benzene rings is 1. The minimum atomic E-state index is 0.809. The smallest absolute Gasteiger partial charge is 0.160 e. The molecule has 0 radical (unpaired) electrons. The maximum Gasteiger partial charge on any atom is 0.160 e. The Balaban J connectivity index is 2.06. The van der Waals surface area contributed by atoms with Crippen molar-refractivity contribution >= 4 is 28.9 Å². The van der Waals surface area contributed by atoms with Gasteiger partial charge >= 0.3 is 0 Å². The molecule has 4 nitrogen and oxygen atoms in total. The van der Waals surface area contributed by atoms with E-state index in [0.29, 0.717) is 0 Å². The van der Waals surface area contributed by atoms with E-state index in [2.05, 4.69) is 37.1 Å². The molecule has 2 heterocycles. The summed E-state index contributed by atoms with van der Waals surface area (Å²) >= 11 is 6.57. The van der Waals surface area contributed by atoms with Gasteiger partial charge in [0.05, 0.1) is 10.7 Å². The van der Waals surface area contributed by atoms with Gasteiger partial charge in [0.1, 0.15) is 5.82 Å². The van der Waals surface area contributed by atoms with Crippen LogP contribution < -0.4 is 10.2 Å². The number of aryl methyl sites for hydroxylation is 3. The Bertz CT molecular complexity index is 697. The number of anilines is 3. The van der Waals surface area contributed by atoms with Crippen molar-refractivity contribution < 1.29 is 0 Å². The van der Waals surface area contributed by atoms with Gasteiger partial charge in [0.25, 0.3) is 0 Å². The summed E-state index contributed by atoms with van der Waals surface area (Å²) in [5.74, 6) is 2.19. The first-order chi connectivity index (χ1) is 11.0. The molecule has 1 aromatic carbocycles. The maximum atomic E-state index is 6.57. The molecule has 0 bridgehead atoms. The van der Waals surface area contributed by atoms with Crippen LogP contribution >= 0.6 is 11.6 Å². The van der Waals surface area contributed by atoms with Gasteiger partial charge in [-0.25, -0.2) is 0 Å². The first kappa shape index (κ1) is 16.2. The lowest BCUT2D eigenvalue weighted by Crippen LogP contribution is -2.25. The number of rotatable bonds is 4. The van der Waals surface area contributed by atoms with Gasteiger partial charge in [0, 0.05) is 25.7 Å². The van der Waals surface area contributed by atoms with E-state index in [4.69, 9.17) is 16.7 Å². The van der Waals surface area contributed by atoms with Crippen molar-refractivity contribution in [3.8, 4) is 0 Å². The molecule has 1 aliphatic heterocycles. The molecule has 0 spiro atoms. The molecule has 0 saturated carbocycles. The predicted octanol–water partition coefficient (Wildman–Crippen LogP) is 4.60. The zero-order chi connectivity index (χ0) is 16.6. The van der Waals surface area contributed by atoms with Gasteiger partial charge in [-0.15, -0.1) is 0 Å². The molecule has 0 aliphatic carbocycles. The van der Waals surface area contributed by atoms with Crippen LogP contribution in [0.5, 0.6) is 0 Å². The van der Waals surface area contributed by atoms with Crippen molar-refractivity contribution in [1.82, 2.24) is 9.78 Å². The highest BCUT2D eigenvalue weighted by Gasteiger charge is 2.27. The minimum Gasteiger partial charge on any atom is -0.370 e. The summed E-state index contributed by atoms with van der Waals surface area (Å²) in [4.78, 5) is 2.28. The standard InChI is InChI=1S/C18H25ClN4/c1-5-8-20-17-14-7-6-9-23(18(14)21-22(17)4)16-13(3)10-12(2)11-15(16)19/h10-11,20H,5-9H2,1-4H3. The van der Waals surface area contributed by atoms with E-state index in [-0.39, 0.29) is 0 Å². The normalized spacial score (nSPS) is 14.0. The highest BCUT2D eigenvalue weighted by atomic mass is 35.5. The van der Waals surface area contributed by atoms with Crippen LogP contribution in [0.15, 0.2) is 12.1 Å². The lowest BCUT2D eigenvalue weighted by molar-refractivity contribution is 0.741. The van der Waals surface area contributed by atoms with Crippen LogP contribution in [-0.4, -0.2) is 22.9 Å². The van der Waals surface area contributed by atoms with Crippen LogP contribution in [-0.2, 0) is 13.5 Å². The molecule has 124 valence electrons. The van der Waals surface area contributed by atoms with E-state index >= 15 is 0 Å². The van der Waals surface area contributed by atoms with Crippen molar-refractivity contribution in [3.05, 3.63) is 33.8 Å². The van der Waals surface area contributed by atoms with Gasteiger partial charge in [-0.3, -0.25) is 4.68 Å². The number of nitrogens with zero attached hydrogens (tertiary/aromatic N) is 3. The lowest BCUT2D eigenvalue weighted by atomic mass is 10.0. The topological polar surface area (TPSA) is 33.1 Å². The van der Waals surface area contributed by atoms with E-state index in [1.165, 1.54) is 16.7 Å². The molecule has 23 heavy (non-hydrogen) atoms. The van der Waals surface area contributed by atoms with Gasteiger partial charge in [-0.2, -0.15) is 5.10 Å². The number of nitrogens with one attached hydrogen (secondary N) is 1. The second-order valence-electron chi connectivity index (χ2n) is 6.37. The summed E-state index contributed by atoms with van der Waals surface area (Å²) < 4.78 is 1.97. The zero-order valence-electron chi connectivity index (χ0n) is 14.4. The molecule has 1 N–H and O–H groups in total. The van der Waals surface area contributed by atoms with Crippen molar-refractivity contribution in [1.29, 1.82) is 0 Å². The summed E-state index contributed by atoms with van der Waals surface area (Å²) in [6.07, 6.45) is 3.28. The van der Waals surface area contributed by atoms with E-state index in [9.17, 15) is 0 Å². The minimum absolute atomic E-state index is 0.809. The average Bonchev–Trinajstić information content (AvgIpc) is 2.80. The Morgan fingerprint density at radius 2 is 2.09 bits per heavy atom. The fourth-order valence-electron chi connectivity index (χ4n) is 3.45. The van der Waals surface area contributed by atoms with Gasteiger partial charge < -0.3 is 10.2 Å². The van der Waals surface area contributed by atoms with Crippen molar-refractivity contribution in [3.63, 3.8) is 0 Å². The number of hydrogen-bond acceptors (Lipinski definition) is 3. The van der Waals surface area contributed by atoms with Crippen LogP contribution in [0.4, 0.5) is 17.3 Å². The Kier molecular flexibility index (Phi) is 4.53. The monoisotopic (exact) mass is 332 g/mol. The van der Waals surface area contributed by atoms with E-state index in [1.807, 2.05) is 17.8 Å². The molecule has 2 aromatic rings. The molecule has 0 amide bonds. The Labute approximate surface area is 143 Å². The Hall–Kier alpha value is -1.68. The summed E-state index contributed by atoms with van der Waals surface area (Å²) in [7, 11) is 2.01. The number of fused-ring (bicyclic) bond motifs is 1. The molecule has 1 aromatic heterocycles. The Morgan fingerprint density at radius 1 is 1.30 bits per heavy atom. The van der Waals surface area contributed by atoms with Crippen LogP contribution in [0.2, 0.25) is 5.02 Å². The second-order valence-corrected chi connectivity index (χ2v) is 6.78. The fourth-order valence-corrected chi connectivity index (χ4v) is 3.88. The molecule has 0 fully saturated rings. The van der Waals surface area contributed by atoms with Gasteiger partial charge in [-0.1, -0.05) is 24.6 Å². The van der Waals surface area contributed by atoms with Crippen LogP contribution in [0.25, 0.3) is 0 Å². The first-order valence-corrected chi connectivity index (χ1v) is 8.74. The number of halogens is 1. The first-order valence-electron chi connectivity index (χ1n) is 8.37. The number of aromatic nitrogens is 2. The molecule has 1 aliphatic rings. The van der Waals surface area contributed by atoms with Crippen molar-refractivity contribution in [2.24, 2.45) is 7.05 Å². The van der Waals surface area contributed by atoms with E-state index in [0.717, 1.165) is 54.7 Å². The molecule has 0 saturated heterocycles. The summed E-state index contributed by atoms with van der Waals surface area (Å²) in [5, 5.41) is 9.12. The fraction of sp³-hybridized carbons (Fsp3) is 0.500. The molecule has 0 unspecified atom stereocenters. The third kappa shape index (κ3) is 2.92. The van der Waals surface area contributed by atoms with Crippen LogP contribution in [0.3, 0.4) is 0 Å². The van der Waals surface area contributed by atoms with E-state index < -0.39 is 0 Å². The maximum absolute atomic E-state index is 6.57. The third-order valence-electron chi connectivity index (χ3n) is 4.40. The van der Waals surface area contributed by atoms with Gasteiger partial charge in [-0.05, 0) is 50.3 Å². The van der Waals surface area contributed by atoms with E-state index in [1.54, 1.807) is 0 Å².